The number of benzene rings is 6. The van der Waals surface area contributed by atoms with Crippen LogP contribution in [0, 0.1) is 6.92 Å². The first-order chi connectivity index (χ1) is 25.6. The average molecular weight is 776 g/mol. The van der Waals surface area contributed by atoms with Gasteiger partial charge in [0.25, 0.3) is 0 Å². The molecule has 0 aromatic heterocycles. The van der Waals surface area contributed by atoms with Gasteiger partial charge in [-0.05, 0) is 111 Å². The zero-order chi connectivity index (χ0) is 40.2. The van der Waals surface area contributed by atoms with E-state index in [2.05, 4.69) is 5.32 Å². The lowest BCUT2D eigenvalue weighted by atomic mass is 9.77. The predicted octanol–water partition coefficient (Wildman–Crippen LogP) is 13.8. The number of fused-ring (bicyclic) bond motifs is 1. The molecule has 55 heavy (non-hydrogen) atoms. The summed E-state index contributed by atoms with van der Waals surface area (Å²) < 4.78 is 165. The molecule has 0 spiro atoms. The second kappa shape index (κ2) is 13.8. The molecule has 0 aliphatic rings. The van der Waals surface area contributed by atoms with E-state index < -0.39 is 52.9 Å². The van der Waals surface area contributed by atoms with Gasteiger partial charge in [-0.2, -0.15) is 52.7 Å². The molecule has 284 valence electrons. The second-order valence-electron chi connectivity index (χ2n) is 12.7. The molecule has 0 aliphatic heterocycles. The average Bonchev–Trinajstić information content (AvgIpc) is 3.10. The third kappa shape index (κ3) is 7.76. The van der Waals surface area contributed by atoms with E-state index in [0.29, 0.717) is 5.56 Å². The van der Waals surface area contributed by atoms with E-state index in [9.17, 15) is 57.5 Å². The van der Waals surface area contributed by atoms with E-state index in [0.717, 1.165) is 97.1 Å². The number of hydrogen-bond acceptors (Lipinski definition) is 1. The fourth-order valence-electron chi connectivity index (χ4n) is 6.54. The Morgan fingerprint density at radius 2 is 0.673 bits per heavy atom. The van der Waals surface area contributed by atoms with E-state index in [1.807, 2.05) is 0 Å². The van der Waals surface area contributed by atoms with E-state index >= 15 is 0 Å². The van der Waals surface area contributed by atoms with Crippen LogP contribution in [0.2, 0.25) is 0 Å². The Morgan fingerprint density at radius 1 is 0.400 bits per heavy atom. The second-order valence-corrected chi connectivity index (χ2v) is 12.7. The summed E-state index contributed by atoms with van der Waals surface area (Å²) in [6.07, 6.45) is -19.1. The van der Waals surface area contributed by atoms with Gasteiger partial charge in [0.05, 0.1) is 22.3 Å². The van der Waals surface area contributed by atoms with Crippen LogP contribution in [0.15, 0.2) is 109 Å². The van der Waals surface area contributed by atoms with Crippen molar-refractivity contribution < 1.29 is 57.5 Å². The smallest absolute Gasteiger partial charge is 0.326 e. The molecule has 0 heterocycles. The Labute approximate surface area is 305 Å². The summed E-state index contributed by atoms with van der Waals surface area (Å²) >= 11 is 0. The third-order valence-corrected chi connectivity index (χ3v) is 8.98. The maximum absolute atomic E-state index is 13.8. The van der Waals surface area contributed by atoms with Crippen LogP contribution in [0.5, 0.6) is 0 Å². The van der Waals surface area contributed by atoms with Gasteiger partial charge >= 0.3 is 24.7 Å². The van der Waals surface area contributed by atoms with E-state index in [-0.39, 0.29) is 61.0 Å². The first kappa shape index (κ1) is 38.9. The predicted molar refractivity (Wildman–Crippen MR) is 185 cm³/mol. The molecule has 1 amide bonds. The number of halogens is 12. The maximum Gasteiger partial charge on any atom is 0.416 e. The Hall–Kier alpha value is -5.79. The summed E-state index contributed by atoms with van der Waals surface area (Å²) in [5, 5.41) is 3.07. The number of carbonyl (C=O) groups excluding carboxylic acids is 1. The topological polar surface area (TPSA) is 29.1 Å². The minimum Gasteiger partial charge on any atom is -0.326 e. The van der Waals surface area contributed by atoms with Crippen molar-refractivity contribution in [1.82, 2.24) is 0 Å². The van der Waals surface area contributed by atoms with Gasteiger partial charge in [-0.3, -0.25) is 4.79 Å². The molecular formula is C41H25F12NO. The van der Waals surface area contributed by atoms with Crippen LogP contribution in [-0.2, 0) is 29.5 Å². The van der Waals surface area contributed by atoms with Crippen molar-refractivity contribution >= 4 is 22.4 Å². The first-order valence-electron chi connectivity index (χ1n) is 16.2. The zero-order valence-corrected chi connectivity index (χ0v) is 28.3. The van der Waals surface area contributed by atoms with Crippen molar-refractivity contribution in [2.45, 2.75) is 38.6 Å². The first-order valence-corrected chi connectivity index (χ1v) is 16.2. The number of amides is 1. The lowest BCUT2D eigenvalue weighted by Crippen LogP contribution is -2.09. The summed E-state index contributed by atoms with van der Waals surface area (Å²) in [5.74, 6) is -0.595. The molecule has 0 aliphatic carbocycles. The molecule has 0 saturated carbocycles. The van der Waals surface area contributed by atoms with Crippen molar-refractivity contribution in [3.05, 3.63) is 137 Å². The van der Waals surface area contributed by atoms with Crippen LogP contribution in [0.25, 0.3) is 55.3 Å². The van der Waals surface area contributed by atoms with Gasteiger partial charge < -0.3 is 5.32 Å². The van der Waals surface area contributed by atoms with E-state index in [1.165, 1.54) is 13.0 Å². The van der Waals surface area contributed by atoms with Crippen molar-refractivity contribution in [1.29, 1.82) is 0 Å². The standard InChI is InChI=1S/C41H25F12NO/c1-21-3-20-31(54-22(2)55)37-32(21)33(23-4-12-27(13-5-23)38(42,43)44)34(24-6-14-28(15-7-24)39(45,46)47)35(25-8-16-29(17-9-25)40(48,49)50)36(37)26-10-18-30(19-11-26)41(51,52)53/h3-20H,1-2H3,(H,54,55). The summed E-state index contributed by atoms with van der Waals surface area (Å²) in [7, 11) is 0. The highest BCUT2D eigenvalue weighted by atomic mass is 19.4. The summed E-state index contributed by atoms with van der Waals surface area (Å²) in [6.45, 7) is 2.78. The number of nitrogens with one attached hydrogen (secondary N) is 1. The molecule has 0 unspecified atom stereocenters. The lowest BCUT2D eigenvalue weighted by molar-refractivity contribution is -0.138. The molecule has 0 fully saturated rings. The maximum atomic E-state index is 13.8. The van der Waals surface area contributed by atoms with Gasteiger partial charge in [0, 0.05) is 23.6 Å². The molecule has 0 saturated heterocycles. The van der Waals surface area contributed by atoms with Gasteiger partial charge in [-0.1, -0.05) is 54.6 Å². The highest BCUT2D eigenvalue weighted by Gasteiger charge is 2.35. The van der Waals surface area contributed by atoms with Crippen LogP contribution in [0.1, 0.15) is 34.7 Å². The highest BCUT2D eigenvalue weighted by molar-refractivity contribution is 6.23. The quantitative estimate of drug-likeness (QED) is 0.174. The molecule has 6 aromatic carbocycles. The highest BCUT2D eigenvalue weighted by Crippen LogP contribution is 2.54. The molecule has 6 rings (SSSR count). The van der Waals surface area contributed by atoms with Gasteiger partial charge in [0.2, 0.25) is 5.91 Å². The fraction of sp³-hybridized carbons (Fsp3) is 0.146. The molecule has 1 N–H and O–H groups in total. The van der Waals surface area contributed by atoms with Gasteiger partial charge in [0.1, 0.15) is 0 Å². The molecule has 2 nitrogen and oxygen atoms in total. The van der Waals surface area contributed by atoms with E-state index in [4.69, 9.17) is 0 Å². The molecule has 6 aromatic rings. The minimum absolute atomic E-state index is 0.00726. The third-order valence-electron chi connectivity index (χ3n) is 8.98. The Kier molecular flexibility index (Phi) is 9.77. The van der Waals surface area contributed by atoms with Crippen LogP contribution >= 0.6 is 0 Å². The molecular weight excluding hydrogens is 750 g/mol. The van der Waals surface area contributed by atoms with Crippen molar-refractivity contribution in [2.75, 3.05) is 5.32 Å². The number of carbonyl (C=O) groups is 1. The fourth-order valence-corrected chi connectivity index (χ4v) is 6.54. The lowest BCUT2D eigenvalue weighted by Gasteiger charge is -2.27. The zero-order valence-electron chi connectivity index (χ0n) is 28.3. The van der Waals surface area contributed by atoms with Gasteiger partial charge in [0.15, 0.2) is 0 Å². The van der Waals surface area contributed by atoms with Gasteiger partial charge in [-0.15, -0.1) is 0 Å². The Balaban J connectivity index is 1.90. The summed E-state index contributed by atoms with van der Waals surface area (Å²) in [6, 6.07) is 18.0. The molecule has 0 atom stereocenters. The summed E-state index contributed by atoms with van der Waals surface area (Å²) in [4.78, 5) is 12.6. The van der Waals surface area contributed by atoms with Crippen molar-refractivity contribution in [2.24, 2.45) is 0 Å². The normalized spacial score (nSPS) is 12.6. The summed E-state index contributed by atoms with van der Waals surface area (Å²) in [5.41, 5.74) is -3.22. The van der Waals surface area contributed by atoms with Crippen molar-refractivity contribution in [3.8, 4) is 44.5 Å². The monoisotopic (exact) mass is 775 g/mol. The van der Waals surface area contributed by atoms with Gasteiger partial charge in [-0.25, -0.2) is 0 Å². The minimum atomic E-state index is -4.80. The van der Waals surface area contributed by atoms with Crippen LogP contribution < -0.4 is 5.32 Å². The number of hydrogen-bond donors (Lipinski definition) is 1. The largest absolute Gasteiger partial charge is 0.416 e. The van der Waals surface area contributed by atoms with E-state index in [1.54, 1.807) is 13.0 Å². The number of aryl methyl sites for hydroxylation is 1. The number of anilines is 1. The molecule has 0 radical (unpaired) electrons. The molecule has 14 heteroatoms. The number of rotatable bonds is 5. The van der Waals surface area contributed by atoms with Crippen LogP contribution in [0.3, 0.4) is 0 Å². The van der Waals surface area contributed by atoms with Crippen molar-refractivity contribution in [3.63, 3.8) is 0 Å². The molecule has 0 bridgehead atoms. The van der Waals surface area contributed by atoms with Crippen LogP contribution in [-0.4, -0.2) is 5.91 Å². The Bertz CT molecular complexity index is 2390. The Morgan fingerprint density at radius 3 is 0.945 bits per heavy atom. The van der Waals surface area contributed by atoms with Crippen LogP contribution in [0.4, 0.5) is 58.4 Å². The SMILES string of the molecule is CC(=O)Nc1ccc(C)c2c(-c3ccc(C(F)(F)F)cc3)c(-c3ccc(C(F)(F)F)cc3)c(-c3ccc(C(F)(F)F)cc3)c(-c3ccc(C(F)(F)F)cc3)c12. The number of alkyl halides is 12.